The van der Waals surface area contributed by atoms with Crippen molar-refractivity contribution in [1.29, 1.82) is 0 Å². The molecule has 0 aromatic rings. The Balaban J connectivity index is 1.37. The van der Waals surface area contributed by atoms with Crippen molar-refractivity contribution in [2.24, 2.45) is 5.92 Å². The van der Waals surface area contributed by atoms with Crippen LogP contribution in [-0.4, -0.2) is 25.8 Å². The van der Waals surface area contributed by atoms with Crippen molar-refractivity contribution in [3.8, 4) is 0 Å². The lowest BCUT2D eigenvalue weighted by atomic mass is 9.98. The molecule has 1 N–H and O–H groups in total. The highest BCUT2D eigenvalue weighted by Gasteiger charge is 2.19. The third-order valence-electron chi connectivity index (χ3n) is 3.53. The third-order valence-corrected chi connectivity index (χ3v) is 3.53. The standard InChI is InChI=1S/C13H25NO/c1-2-5-13(6-3-1)15-10-4-9-14-11-12-7-8-12/h12-14H,1-11H2. The molecule has 2 heteroatoms. The molecule has 0 saturated heterocycles. The maximum Gasteiger partial charge on any atom is 0.0575 e. The number of rotatable bonds is 7. The van der Waals surface area contributed by atoms with Crippen molar-refractivity contribution >= 4 is 0 Å². The SMILES string of the molecule is C1CCC(OCCCNCC2CC2)CC1. The van der Waals surface area contributed by atoms with Gasteiger partial charge < -0.3 is 10.1 Å². The monoisotopic (exact) mass is 211 g/mol. The molecule has 0 unspecified atom stereocenters. The van der Waals surface area contributed by atoms with Crippen LogP contribution in [0.3, 0.4) is 0 Å². The highest BCUT2D eigenvalue weighted by Crippen LogP contribution is 2.27. The Labute approximate surface area is 93.8 Å². The average Bonchev–Trinajstić information content (AvgIpc) is 3.09. The Morgan fingerprint density at radius 2 is 1.80 bits per heavy atom. The van der Waals surface area contributed by atoms with E-state index in [1.54, 1.807) is 0 Å². The molecule has 15 heavy (non-hydrogen) atoms. The van der Waals surface area contributed by atoms with E-state index in [-0.39, 0.29) is 0 Å². The van der Waals surface area contributed by atoms with Crippen LogP contribution in [-0.2, 0) is 4.74 Å². The Bertz CT molecular complexity index is 162. The van der Waals surface area contributed by atoms with E-state index in [2.05, 4.69) is 5.32 Å². The van der Waals surface area contributed by atoms with Crippen LogP contribution in [0.5, 0.6) is 0 Å². The number of ether oxygens (including phenoxy) is 1. The molecule has 0 aromatic heterocycles. The van der Waals surface area contributed by atoms with Gasteiger partial charge in [0.2, 0.25) is 0 Å². The first kappa shape index (κ1) is 11.4. The van der Waals surface area contributed by atoms with Crippen LogP contribution in [0.15, 0.2) is 0 Å². The zero-order chi connectivity index (χ0) is 10.3. The molecule has 2 aliphatic carbocycles. The Kier molecular flexibility index (Phi) is 4.94. The molecule has 2 rings (SSSR count). The van der Waals surface area contributed by atoms with Gasteiger partial charge in [-0.25, -0.2) is 0 Å². The molecule has 2 aliphatic rings. The summed E-state index contributed by atoms with van der Waals surface area (Å²) in [5, 5.41) is 3.51. The largest absolute Gasteiger partial charge is 0.378 e. The van der Waals surface area contributed by atoms with Gasteiger partial charge in [-0.05, 0) is 51.1 Å². The molecule has 0 amide bonds. The molecular formula is C13H25NO. The van der Waals surface area contributed by atoms with Gasteiger partial charge in [-0.1, -0.05) is 19.3 Å². The predicted octanol–water partition coefficient (Wildman–Crippen LogP) is 2.73. The molecule has 88 valence electrons. The third kappa shape index (κ3) is 4.98. The van der Waals surface area contributed by atoms with Crippen LogP contribution < -0.4 is 5.32 Å². The molecule has 0 atom stereocenters. The smallest absolute Gasteiger partial charge is 0.0575 e. The summed E-state index contributed by atoms with van der Waals surface area (Å²) in [5.41, 5.74) is 0. The summed E-state index contributed by atoms with van der Waals surface area (Å²) in [6.45, 7) is 3.34. The van der Waals surface area contributed by atoms with Crippen LogP contribution >= 0.6 is 0 Å². The van der Waals surface area contributed by atoms with Gasteiger partial charge in [0.1, 0.15) is 0 Å². The molecular weight excluding hydrogens is 186 g/mol. The summed E-state index contributed by atoms with van der Waals surface area (Å²) >= 11 is 0. The maximum atomic E-state index is 5.87. The number of nitrogens with one attached hydrogen (secondary N) is 1. The van der Waals surface area contributed by atoms with Gasteiger partial charge in [0, 0.05) is 6.61 Å². The Morgan fingerprint density at radius 1 is 1.00 bits per heavy atom. The highest BCUT2D eigenvalue weighted by molar-refractivity contribution is 4.75. The average molecular weight is 211 g/mol. The van der Waals surface area contributed by atoms with Gasteiger partial charge in [-0.2, -0.15) is 0 Å². The fourth-order valence-corrected chi connectivity index (χ4v) is 2.31. The quantitative estimate of drug-likeness (QED) is 0.654. The van der Waals surface area contributed by atoms with Crippen molar-refractivity contribution in [2.75, 3.05) is 19.7 Å². The molecule has 0 aliphatic heterocycles. The second-order valence-corrected chi connectivity index (χ2v) is 5.13. The molecule has 2 saturated carbocycles. The summed E-state index contributed by atoms with van der Waals surface area (Å²) < 4.78 is 5.87. The lowest BCUT2D eigenvalue weighted by molar-refractivity contribution is 0.0273. The predicted molar refractivity (Wildman–Crippen MR) is 63.0 cm³/mol. The molecule has 0 spiro atoms. The van der Waals surface area contributed by atoms with Crippen LogP contribution in [0.1, 0.15) is 51.4 Å². The number of hydrogen-bond acceptors (Lipinski definition) is 2. The summed E-state index contributed by atoms with van der Waals surface area (Å²) in [6, 6.07) is 0. The maximum absolute atomic E-state index is 5.87. The van der Waals surface area contributed by atoms with Crippen molar-refractivity contribution in [2.45, 2.75) is 57.5 Å². The van der Waals surface area contributed by atoms with E-state index in [1.807, 2.05) is 0 Å². The van der Waals surface area contributed by atoms with Gasteiger partial charge >= 0.3 is 0 Å². The normalized spacial score (nSPS) is 23.2. The summed E-state index contributed by atoms with van der Waals surface area (Å²) in [5.74, 6) is 1.00. The molecule has 2 nitrogen and oxygen atoms in total. The van der Waals surface area contributed by atoms with Crippen molar-refractivity contribution < 1.29 is 4.74 Å². The first-order valence-corrected chi connectivity index (χ1v) is 6.77. The molecule has 2 fully saturated rings. The minimum atomic E-state index is 0.585. The first-order valence-electron chi connectivity index (χ1n) is 6.77. The molecule has 0 radical (unpaired) electrons. The van der Waals surface area contributed by atoms with E-state index in [4.69, 9.17) is 4.74 Å². The van der Waals surface area contributed by atoms with Gasteiger partial charge in [-0.3, -0.25) is 0 Å². The topological polar surface area (TPSA) is 21.3 Å². The fraction of sp³-hybridized carbons (Fsp3) is 1.00. The molecule has 0 aromatic carbocycles. The minimum Gasteiger partial charge on any atom is -0.378 e. The van der Waals surface area contributed by atoms with Crippen LogP contribution in [0.25, 0.3) is 0 Å². The zero-order valence-electron chi connectivity index (χ0n) is 9.84. The van der Waals surface area contributed by atoms with Crippen molar-refractivity contribution in [3.05, 3.63) is 0 Å². The second kappa shape index (κ2) is 6.49. The number of hydrogen-bond donors (Lipinski definition) is 1. The molecule has 0 heterocycles. The van der Waals surface area contributed by atoms with Crippen LogP contribution in [0, 0.1) is 5.92 Å². The van der Waals surface area contributed by atoms with E-state index in [0.717, 1.165) is 19.1 Å². The van der Waals surface area contributed by atoms with Crippen LogP contribution in [0.2, 0.25) is 0 Å². The van der Waals surface area contributed by atoms with Crippen molar-refractivity contribution in [1.82, 2.24) is 5.32 Å². The Hall–Kier alpha value is -0.0800. The van der Waals surface area contributed by atoms with Crippen molar-refractivity contribution in [3.63, 3.8) is 0 Å². The minimum absolute atomic E-state index is 0.585. The second-order valence-electron chi connectivity index (χ2n) is 5.13. The summed E-state index contributed by atoms with van der Waals surface area (Å²) in [6.07, 6.45) is 11.4. The van der Waals surface area contributed by atoms with E-state index >= 15 is 0 Å². The van der Waals surface area contributed by atoms with Gasteiger partial charge in [0.15, 0.2) is 0 Å². The zero-order valence-corrected chi connectivity index (χ0v) is 9.84. The Morgan fingerprint density at radius 3 is 2.53 bits per heavy atom. The fourth-order valence-electron chi connectivity index (χ4n) is 2.31. The van der Waals surface area contributed by atoms with Gasteiger partial charge in [0.05, 0.1) is 6.10 Å². The molecule has 0 bridgehead atoms. The van der Waals surface area contributed by atoms with E-state index in [0.29, 0.717) is 6.10 Å². The van der Waals surface area contributed by atoms with Gasteiger partial charge in [-0.15, -0.1) is 0 Å². The van der Waals surface area contributed by atoms with E-state index in [9.17, 15) is 0 Å². The highest BCUT2D eigenvalue weighted by atomic mass is 16.5. The van der Waals surface area contributed by atoms with Gasteiger partial charge in [0.25, 0.3) is 0 Å². The summed E-state index contributed by atoms with van der Waals surface area (Å²) in [4.78, 5) is 0. The van der Waals surface area contributed by atoms with Crippen LogP contribution in [0.4, 0.5) is 0 Å². The van der Waals surface area contributed by atoms with E-state index < -0.39 is 0 Å². The van der Waals surface area contributed by atoms with E-state index in [1.165, 1.54) is 57.9 Å². The first-order chi connectivity index (χ1) is 7.45. The lowest BCUT2D eigenvalue weighted by Gasteiger charge is -2.21. The lowest BCUT2D eigenvalue weighted by Crippen LogP contribution is -2.22. The summed E-state index contributed by atoms with van der Waals surface area (Å²) in [7, 11) is 0.